The molecule has 1 aliphatic rings. The maximum Gasteiger partial charge on any atom is 0.159 e. The van der Waals surface area contributed by atoms with E-state index in [2.05, 4.69) is 18.2 Å². The third-order valence-corrected chi connectivity index (χ3v) is 3.10. The molecule has 0 bridgehead atoms. The number of hydrogen-bond donors (Lipinski definition) is 0. The highest BCUT2D eigenvalue weighted by molar-refractivity contribution is 5.81. The summed E-state index contributed by atoms with van der Waals surface area (Å²) in [6.07, 6.45) is 1.66. The van der Waals surface area contributed by atoms with Gasteiger partial charge in [-0.05, 0) is 44.2 Å². The molecule has 1 unspecified atom stereocenters. The summed E-state index contributed by atoms with van der Waals surface area (Å²) in [6, 6.07) is 8.37. The van der Waals surface area contributed by atoms with Gasteiger partial charge in [0.05, 0.1) is 5.60 Å². The molecule has 92 valence electrons. The standard InChI is InChI=1S/C15H20O2/c1-15(2,3)17-10-13(16)9-12-8-11-6-4-5-7-14(11)12/h4-7,12H,8-10H2,1-3H3. The monoisotopic (exact) mass is 232 g/mol. The number of rotatable bonds is 4. The fourth-order valence-corrected chi connectivity index (χ4v) is 2.18. The molecule has 17 heavy (non-hydrogen) atoms. The first-order valence-electron chi connectivity index (χ1n) is 6.19. The molecule has 0 spiro atoms. The van der Waals surface area contributed by atoms with E-state index >= 15 is 0 Å². The lowest BCUT2D eigenvalue weighted by molar-refractivity contribution is -0.128. The van der Waals surface area contributed by atoms with Crippen molar-refractivity contribution in [2.45, 2.75) is 45.1 Å². The van der Waals surface area contributed by atoms with Crippen LogP contribution in [0.4, 0.5) is 0 Å². The Labute approximate surface area is 103 Å². The molecule has 2 rings (SSSR count). The molecule has 1 aliphatic carbocycles. The third-order valence-electron chi connectivity index (χ3n) is 3.10. The molecule has 0 saturated carbocycles. The van der Waals surface area contributed by atoms with E-state index in [1.54, 1.807) is 0 Å². The lowest BCUT2D eigenvalue weighted by Gasteiger charge is -2.29. The van der Waals surface area contributed by atoms with Gasteiger partial charge in [0.1, 0.15) is 6.61 Å². The quantitative estimate of drug-likeness (QED) is 0.797. The molecule has 0 radical (unpaired) electrons. The molecule has 0 amide bonds. The van der Waals surface area contributed by atoms with Gasteiger partial charge in [-0.3, -0.25) is 4.79 Å². The van der Waals surface area contributed by atoms with E-state index in [1.807, 2.05) is 26.8 Å². The van der Waals surface area contributed by atoms with Gasteiger partial charge < -0.3 is 4.74 Å². The lowest BCUT2D eigenvalue weighted by atomic mass is 9.75. The SMILES string of the molecule is CC(C)(C)OCC(=O)CC1Cc2ccccc21. The smallest absolute Gasteiger partial charge is 0.159 e. The average molecular weight is 232 g/mol. The fraction of sp³-hybridized carbons (Fsp3) is 0.533. The predicted octanol–water partition coefficient (Wildman–Crippen LogP) is 3.10. The van der Waals surface area contributed by atoms with Crippen molar-refractivity contribution in [2.24, 2.45) is 0 Å². The Bertz CT molecular complexity index is 415. The van der Waals surface area contributed by atoms with Gasteiger partial charge in [-0.15, -0.1) is 0 Å². The summed E-state index contributed by atoms with van der Waals surface area (Å²) in [6.45, 7) is 6.15. The summed E-state index contributed by atoms with van der Waals surface area (Å²) in [5.41, 5.74) is 2.51. The summed E-state index contributed by atoms with van der Waals surface area (Å²) in [4.78, 5) is 11.8. The normalized spacial score (nSPS) is 18.4. The van der Waals surface area contributed by atoms with Crippen LogP contribution in [-0.4, -0.2) is 18.0 Å². The number of ether oxygens (including phenoxy) is 1. The minimum Gasteiger partial charge on any atom is -0.368 e. The van der Waals surface area contributed by atoms with Crippen molar-refractivity contribution in [2.75, 3.05) is 6.61 Å². The van der Waals surface area contributed by atoms with Crippen molar-refractivity contribution < 1.29 is 9.53 Å². The first-order chi connectivity index (χ1) is 7.96. The van der Waals surface area contributed by atoms with Gasteiger partial charge in [-0.25, -0.2) is 0 Å². The zero-order valence-corrected chi connectivity index (χ0v) is 10.8. The number of carbonyl (C=O) groups excluding carboxylic acids is 1. The van der Waals surface area contributed by atoms with Crippen LogP contribution in [0.1, 0.15) is 44.2 Å². The summed E-state index contributed by atoms with van der Waals surface area (Å²) >= 11 is 0. The number of carbonyl (C=O) groups is 1. The molecule has 0 heterocycles. The Balaban J connectivity index is 1.82. The van der Waals surface area contributed by atoms with Crippen molar-refractivity contribution in [3.63, 3.8) is 0 Å². The minimum absolute atomic E-state index is 0.208. The summed E-state index contributed by atoms with van der Waals surface area (Å²) in [5.74, 6) is 0.627. The van der Waals surface area contributed by atoms with Gasteiger partial charge in [0.25, 0.3) is 0 Å². The largest absolute Gasteiger partial charge is 0.368 e. The molecule has 1 aromatic carbocycles. The van der Waals surface area contributed by atoms with Crippen LogP contribution < -0.4 is 0 Å². The van der Waals surface area contributed by atoms with Crippen LogP contribution in [0.15, 0.2) is 24.3 Å². The van der Waals surface area contributed by atoms with E-state index in [0.717, 1.165) is 6.42 Å². The molecule has 1 atom stereocenters. The number of benzene rings is 1. The van der Waals surface area contributed by atoms with Crippen molar-refractivity contribution >= 4 is 5.78 Å². The van der Waals surface area contributed by atoms with Crippen molar-refractivity contribution in [3.8, 4) is 0 Å². The maximum atomic E-state index is 11.8. The number of Topliss-reactive ketones (excluding diaryl/α,β-unsaturated/α-hetero) is 1. The zero-order valence-electron chi connectivity index (χ0n) is 10.8. The van der Waals surface area contributed by atoms with E-state index in [-0.39, 0.29) is 18.0 Å². The van der Waals surface area contributed by atoms with Crippen LogP contribution in [0.3, 0.4) is 0 Å². The minimum atomic E-state index is -0.229. The molecule has 2 nitrogen and oxygen atoms in total. The zero-order chi connectivity index (χ0) is 12.5. The molecule has 0 fully saturated rings. The Morgan fingerprint density at radius 3 is 2.71 bits per heavy atom. The van der Waals surface area contributed by atoms with Gasteiger partial charge in [-0.2, -0.15) is 0 Å². The van der Waals surface area contributed by atoms with Crippen molar-refractivity contribution in [3.05, 3.63) is 35.4 Å². The maximum absolute atomic E-state index is 11.8. The molecule has 2 heteroatoms. The molecule has 1 aromatic rings. The first kappa shape index (κ1) is 12.3. The average Bonchev–Trinajstić information content (AvgIpc) is 2.22. The summed E-state index contributed by atoms with van der Waals surface area (Å²) < 4.78 is 5.50. The topological polar surface area (TPSA) is 26.3 Å². The van der Waals surface area contributed by atoms with Crippen LogP contribution in [0.5, 0.6) is 0 Å². The van der Waals surface area contributed by atoms with E-state index in [4.69, 9.17) is 4.74 Å². The Hall–Kier alpha value is -1.15. The van der Waals surface area contributed by atoms with Gasteiger partial charge in [-0.1, -0.05) is 24.3 Å². The Morgan fingerprint density at radius 1 is 1.35 bits per heavy atom. The lowest BCUT2D eigenvalue weighted by Crippen LogP contribution is -2.26. The molecule has 0 N–H and O–H groups in total. The van der Waals surface area contributed by atoms with Gasteiger partial charge in [0.15, 0.2) is 5.78 Å². The van der Waals surface area contributed by atoms with Crippen molar-refractivity contribution in [1.29, 1.82) is 0 Å². The van der Waals surface area contributed by atoms with Crippen LogP contribution in [-0.2, 0) is 16.0 Å². The van der Waals surface area contributed by atoms with E-state index in [1.165, 1.54) is 11.1 Å². The van der Waals surface area contributed by atoms with Gasteiger partial charge >= 0.3 is 0 Å². The molecular formula is C15H20O2. The van der Waals surface area contributed by atoms with Gasteiger partial charge in [0.2, 0.25) is 0 Å². The highest BCUT2D eigenvalue weighted by atomic mass is 16.5. The molecular weight excluding hydrogens is 212 g/mol. The van der Waals surface area contributed by atoms with Crippen molar-refractivity contribution in [1.82, 2.24) is 0 Å². The molecule has 0 aliphatic heterocycles. The number of ketones is 1. The molecule has 0 aromatic heterocycles. The first-order valence-corrected chi connectivity index (χ1v) is 6.19. The molecule has 0 saturated heterocycles. The van der Waals surface area contributed by atoms with Crippen LogP contribution in [0.2, 0.25) is 0 Å². The van der Waals surface area contributed by atoms with E-state index in [9.17, 15) is 4.79 Å². The number of fused-ring (bicyclic) bond motifs is 1. The van der Waals surface area contributed by atoms with Crippen LogP contribution in [0, 0.1) is 0 Å². The predicted molar refractivity (Wildman–Crippen MR) is 68.2 cm³/mol. The third kappa shape index (κ3) is 3.16. The summed E-state index contributed by atoms with van der Waals surface area (Å²) in [7, 11) is 0. The fourth-order valence-electron chi connectivity index (χ4n) is 2.18. The van der Waals surface area contributed by atoms with Crippen LogP contribution in [0.25, 0.3) is 0 Å². The van der Waals surface area contributed by atoms with E-state index in [0.29, 0.717) is 12.3 Å². The second kappa shape index (κ2) is 4.61. The highest BCUT2D eigenvalue weighted by Crippen LogP contribution is 2.37. The Morgan fingerprint density at radius 2 is 2.06 bits per heavy atom. The second-order valence-corrected chi connectivity index (χ2v) is 5.74. The van der Waals surface area contributed by atoms with Crippen LogP contribution >= 0.6 is 0 Å². The second-order valence-electron chi connectivity index (χ2n) is 5.74. The van der Waals surface area contributed by atoms with E-state index < -0.39 is 0 Å². The summed E-state index contributed by atoms with van der Waals surface area (Å²) in [5, 5.41) is 0. The number of hydrogen-bond acceptors (Lipinski definition) is 2. The van der Waals surface area contributed by atoms with Gasteiger partial charge in [0, 0.05) is 6.42 Å². The highest BCUT2D eigenvalue weighted by Gasteiger charge is 2.27. The Kier molecular flexibility index (Phi) is 3.34.